The minimum absolute atomic E-state index is 0.160. The first kappa shape index (κ1) is 23.1. The van der Waals surface area contributed by atoms with Gasteiger partial charge in [-0.1, -0.05) is 32.9 Å². The first-order valence-electron chi connectivity index (χ1n) is 10.9. The maximum Gasteiger partial charge on any atom is 0.263 e. The van der Waals surface area contributed by atoms with E-state index in [9.17, 15) is 4.79 Å². The number of carbonyl (C=O) groups excluding carboxylic acids is 1. The molecular weight excluding hydrogens is 410 g/mol. The summed E-state index contributed by atoms with van der Waals surface area (Å²) in [5.41, 5.74) is 2.29. The van der Waals surface area contributed by atoms with E-state index in [0.29, 0.717) is 41.7 Å². The highest BCUT2D eigenvalue weighted by Gasteiger charge is 2.18. The Labute approximate surface area is 187 Å². The Bertz CT molecular complexity index is 1000. The fourth-order valence-electron chi connectivity index (χ4n) is 2.91. The molecule has 8 heteroatoms. The van der Waals surface area contributed by atoms with Crippen LogP contribution in [0.4, 0.5) is 5.82 Å². The predicted molar refractivity (Wildman–Crippen MR) is 121 cm³/mol. The Morgan fingerprint density at radius 3 is 2.31 bits per heavy atom. The van der Waals surface area contributed by atoms with Crippen molar-refractivity contribution in [1.82, 2.24) is 10.3 Å². The molecule has 0 aliphatic carbocycles. The van der Waals surface area contributed by atoms with E-state index in [1.54, 1.807) is 0 Å². The monoisotopic (exact) mass is 439 g/mol. The molecule has 32 heavy (non-hydrogen) atoms. The number of carbonyl (C=O) groups is 1. The Balaban J connectivity index is 1.68. The van der Waals surface area contributed by atoms with E-state index < -0.39 is 0 Å². The summed E-state index contributed by atoms with van der Waals surface area (Å²) in [5.74, 6) is 1.73. The van der Waals surface area contributed by atoms with Gasteiger partial charge in [-0.3, -0.25) is 4.79 Å². The fourth-order valence-corrected chi connectivity index (χ4v) is 2.91. The highest BCUT2D eigenvalue weighted by atomic mass is 16.6. The number of ether oxygens (including phenoxy) is 3. The smallest absolute Gasteiger partial charge is 0.263 e. The third kappa shape index (κ3) is 6.23. The van der Waals surface area contributed by atoms with E-state index in [4.69, 9.17) is 18.8 Å². The predicted octanol–water partition coefficient (Wildman–Crippen LogP) is 4.89. The van der Waals surface area contributed by atoms with Crippen LogP contribution in [-0.2, 0) is 11.2 Å². The molecule has 0 bridgehead atoms. The van der Waals surface area contributed by atoms with Gasteiger partial charge in [0.2, 0.25) is 5.82 Å². The second-order valence-corrected chi connectivity index (χ2v) is 7.15. The molecule has 0 atom stereocenters. The van der Waals surface area contributed by atoms with Gasteiger partial charge in [-0.25, -0.2) is 4.63 Å². The topological polar surface area (TPSA) is 95.7 Å². The van der Waals surface area contributed by atoms with Crippen LogP contribution in [0.3, 0.4) is 0 Å². The van der Waals surface area contributed by atoms with E-state index >= 15 is 0 Å². The molecule has 0 aliphatic rings. The third-order valence-electron chi connectivity index (χ3n) is 4.59. The average Bonchev–Trinajstić information content (AvgIpc) is 3.28. The molecule has 0 spiro atoms. The summed E-state index contributed by atoms with van der Waals surface area (Å²) in [5, 5.41) is 10.5. The van der Waals surface area contributed by atoms with Crippen molar-refractivity contribution in [2.45, 2.75) is 40.0 Å². The molecule has 0 radical (unpaired) electrons. The molecule has 170 valence electrons. The highest BCUT2D eigenvalue weighted by Crippen LogP contribution is 2.34. The molecule has 3 aromatic rings. The van der Waals surface area contributed by atoms with E-state index in [0.717, 1.165) is 19.3 Å². The Morgan fingerprint density at radius 2 is 1.62 bits per heavy atom. The third-order valence-corrected chi connectivity index (χ3v) is 4.59. The van der Waals surface area contributed by atoms with E-state index in [-0.39, 0.29) is 18.3 Å². The normalized spacial score (nSPS) is 10.6. The number of rotatable bonds is 12. The second kappa shape index (κ2) is 11.7. The van der Waals surface area contributed by atoms with Crippen LogP contribution in [0.25, 0.3) is 11.3 Å². The molecule has 0 aliphatic heterocycles. The van der Waals surface area contributed by atoms with Gasteiger partial charge in [0.1, 0.15) is 5.75 Å². The lowest BCUT2D eigenvalue weighted by molar-refractivity contribution is -0.118. The standard InChI is InChI=1S/C24H29N3O5/c1-4-13-29-20-12-9-18(15-21(20)30-14-5-2)23-24(27-32-26-23)25-22(28)16-31-19-10-7-17(6-3)8-11-19/h7-12,15H,4-6,13-14,16H2,1-3H3,(H,25,27,28). The van der Waals surface area contributed by atoms with Crippen molar-refractivity contribution in [3.05, 3.63) is 48.0 Å². The van der Waals surface area contributed by atoms with E-state index in [1.165, 1.54) is 5.56 Å². The van der Waals surface area contributed by atoms with Crippen LogP contribution in [0.1, 0.15) is 39.2 Å². The van der Waals surface area contributed by atoms with E-state index in [1.807, 2.05) is 56.3 Å². The lowest BCUT2D eigenvalue weighted by Gasteiger charge is -2.13. The minimum Gasteiger partial charge on any atom is -0.490 e. The van der Waals surface area contributed by atoms with Crippen molar-refractivity contribution in [3.63, 3.8) is 0 Å². The lowest BCUT2D eigenvalue weighted by Crippen LogP contribution is -2.20. The van der Waals surface area contributed by atoms with Crippen LogP contribution in [0, 0.1) is 0 Å². The van der Waals surface area contributed by atoms with E-state index in [2.05, 4.69) is 22.6 Å². The number of nitrogens with zero attached hydrogens (tertiary/aromatic N) is 2. The second-order valence-electron chi connectivity index (χ2n) is 7.15. The molecule has 0 fully saturated rings. The SMILES string of the molecule is CCCOc1ccc(-c2nonc2NC(=O)COc2ccc(CC)cc2)cc1OCCC. The molecule has 1 amide bonds. The molecular formula is C24H29N3O5. The fraction of sp³-hybridized carbons (Fsp3) is 0.375. The minimum atomic E-state index is -0.369. The number of hydrogen-bond donors (Lipinski definition) is 1. The van der Waals surface area contributed by atoms with Gasteiger partial charge in [0.05, 0.1) is 13.2 Å². The summed E-state index contributed by atoms with van der Waals surface area (Å²) in [6, 6.07) is 13.1. The van der Waals surface area contributed by atoms with Crippen molar-refractivity contribution in [1.29, 1.82) is 0 Å². The molecule has 1 aromatic heterocycles. The van der Waals surface area contributed by atoms with Gasteiger partial charge >= 0.3 is 0 Å². The first-order valence-corrected chi connectivity index (χ1v) is 10.9. The summed E-state index contributed by atoms with van der Waals surface area (Å²) in [7, 11) is 0. The zero-order valence-electron chi connectivity index (χ0n) is 18.7. The summed E-state index contributed by atoms with van der Waals surface area (Å²) in [6.07, 6.45) is 2.70. The molecule has 1 N–H and O–H groups in total. The number of aromatic nitrogens is 2. The molecule has 8 nitrogen and oxygen atoms in total. The van der Waals surface area contributed by atoms with Gasteiger partial charge in [-0.2, -0.15) is 0 Å². The molecule has 1 heterocycles. The Hall–Kier alpha value is -3.55. The van der Waals surface area contributed by atoms with Gasteiger partial charge in [0, 0.05) is 5.56 Å². The lowest BCUT2D eigenvalue weighted by atomic mass is 10.1. The molecule has 3 rings (SSSR count). The molecule has 0 saturated heterocycles. The van der Waals surface area contributed by atoms with Crippen LogP contribution in [0.5, 0.6) is 17.2 Å². The number of anilines is 1. The maximum atomic E-state index is 12.4. The van der Waals surface area contributed by atoms with Gasteiger partial charge in [-0.15, -0.1) is 0 Å². The van der Waals surface area contributed by atoms with Crippen molar-refractivity contribution >= 4 is 11.7 Å². The van der Waals surface area contributed by atoms with Crippen LogP contribution in [0.2, 0.25) is 0 Å². The molecule has 0 saturated carbocycles. The van der Waals surface area contributed by atoms with Gasteiger partial charge in [0.15, 0.2) is 23.8 Å². The van der Waals surface area contributed by atoms with Crippen molar-refractivity contribution in [2.24, 2.45) is 0 Å². The number of aryl methyl sites for hydroxylation is 1. The van der Waals surface area contributed by atoms with Gasteiger partial charge < -0.3 is 19.5 Å². The number of benzene rings is 2. The van der Waals surface area contributed by atoms with Crippen LogP contribution in [-0.4, -0.2) is 36.0 Å². The molecule has 0 unspecified atom stereocenters. The first-order chi connectivity index (χ1) is 15.6. The van der Waals surface area contributed by atoms with Crippen molar-refractivity contribution < 1.29 is 23.6 Å². The van der Waals surface area contributed by atoms with Crippen LogP contribution < -0.4 is 19.5 Å². The van der Waals surface area contributed by atoms with Crippen molar-refractivity contribution in [3.8, 4) is 28.5 Å². The number of nitrogens with one attached hydrogen (secondary N) is 1. The maximum absolute atomic E-state index is 12.4. The summed E-state index contributed by atoms with van der Waals surface area (Å²) >= 11 is 0. The number of hydrogen-bond acceptors (Lipinski definition) is 7. The quantitative estimate of drug-likeness (QED) is 0.429. The van der Waals surface area contributed by atoms with Crippen LogP contribution >= 0.6 is 0 Å². The van der Waals surface area contributed by atoms with Gasteiger partial charge in [-0.05, 0) is 65.5 Å². The van der Waals surface area contributed by atoms with Gasteiger partial charge in [0.25, 0.3) is 5.91 Å². The van der Waals surface area contributed by atoms with Crippen LogP contribution in [0.15, 0.2) is 47.1 Å². The zero-order valence-corrected chi connectivity index (χ0v) is 18.7. The van der Waals surface area contributed by atoms with Crippen molar-refractivity contribution in [2.75, 3.05) is 25.1 Å². The summed E-state index contributed by atoms with van der Waals surface area (Å²) < 4.78 is 22.0. The largest absolute Gasteiger partial charge is 0.490 e. The zero-order chi connectivity index (χ0) is 22.8. The summed E-state index contributed by atoms with van der Waals surface area (Å²) in [6.45, 7) is 7.15. The number of amides is 1. The average molecular weight is 440 g/mol. The Kier molecular flexibility index (Phi) is 8.48. The molecule has 2 aromatic carbocycles. The Morgan fingerprint density at radius 1 is 0.906 bits per heavy atom. The summed E-state index contributed by atoms with van der Waals surface area (Å²) in [4.78, 5) is 12.4. The highest BCUT2D eigenvalue weighted by molar-refractivity contribution is 5.94.